The van der Waals surface area contributed by atoms with Gasteiger partial charge in [-0.15, -0.1) is 11.6 Å². The summed E-state index contributed by atoms with van der Waals surface area (Å²) in [6, 6.07) is 0. The number of hydrogen-bond acceptors (Lipinski definition) is 2. The molecule has 0 saturated heterocycles. The lowest BCUT2D eigenvalue weighted by Gasteiger charge is -2.08. The summed E-state index contributed by atoms with van der Waals surface area (Å²) in [4.78, 5) is 10.9. The summed E-state index contributed by atoms with van der Waals surface area (Å²) in [5.74, 6) is -0.0766. The van der Waals surface area contributed by atoms with Gasteiger partial charge in [0.1, 0.15) is 0 Å². The number of methoxy groups -OCH3 is 1. The van der Waals surface area contributed by atoms with E-state index in [1.807, 2.05) is 0 Å². The van der Waals surface area contributed by atoms with Crippen LogP contribution < -0.4 is 0 Å². The summed E-state index contributed by atoms with van der Waals surface area (Å²) in [6.07, 6.45) is 18.2. The number of ether oxygens (including phenoxy) is 1. The van der Waals surface area contributed by atoms with E-state index in [-0.39, 0.29) is 5.97 Å². The Labute approximate surface area is 143 Å². The van der Waals surface area contributed by atoms with Crippen molar-refractivity contribution in [2.45, 2.75) is 109 Å². The maximum Gasteiger partial charge on any atom is 0.305 e. The Morgan fingerprint density at radius 2 is 1.27 bits per heavy atom. The lowest BCUT2D eigenvalue weighted by molar-refractivity contribution is -0.140. The fourth-order valence-electron chi connectivity index (χ4n) is 2.73. The van der Waals surface area contributed by atoms with E-state index in [1.165, 1.54) is 84.2 Å². The molecule has 0 fully saturated rings. The van der Waals surface area contributed by atoms with Crippen LogP contribution in [0.3, 0.4) is 0 Å². The molecule has 0 aliphatic heterocycles. The second-order valence-electron chi connectivity index (χ2n) is 6.39. The third-order valence-corrected chi connectivity index (χ3v) is 4.68. The van der Waals surface area contributed by atoms with Crippen LogP contribution in [0.1, 0.15) is 103 Å². The molecule has 3 heteroatoms. The van der Waals surface area contributed by atoms with E-state index in [9.17, 15) is 4.79 Å². The fraction of sp³-hybridized carbons (Fsp3) is 0.947. The first-order chi connectivity index (χ1) is 10.7. The van der Waals surface area contributed by atoms with Crippen LogP contribution in [0.2, 0.25) is 0 Å². The summed E-state index contributed by atoms with van der Waals surface area (Å²) in [5.41, 5.74) is 0. The molecular weight excluding hydrogens is 296 g/mol. The van der Waals surface area contributed by atoms with Gasteiger partial charge in [-0.1, -0.05) is 77.6 Å². The monoisotopic (exact) mass is 332 g/mol. The van der Waals surface area contributed by atoms with Gasteiger partial charge in [-0.25, -0.2) is 0 Å². The van der Waals surface area contributed by atoms with Crippen molar-refractivity contribution in [2.24, 2.45) is 0 Å². The van der Waals surface area contributed by atoms with Crippen LogP contribution in [-0.4, -0.2) is 18.5 Å². The first kappa shape index (κ1) is 21.8. The van der Waals surface area contributed by atoms with Crippen molar-refractivity contribution < 1.29 is 9.53 Å². The minimum Gasteiger partial charge on any atom is -0.469 e. The van der Waals surface area contributed by atoms with Crippen molar-refractivity contribution in [3.8, 4) is 0 Å². The van der Waals surface area contributed by atoms with Gasteiger partial charge in [-0.05, 0) is 19.3 Å². The zero-order valence-corrected chi connectivity index (χ0v) is 15.6. The van der Waals surface area contributed by atoms with Gasteiger partial charge >= 0.3 is 5.97 Å². The van der Waals surface area contributed by atoms with Gasteiger partial charge < -0.3 is 4.74 Å². The fourth-order valence-corrected chi connectivity index (χ4v) is 3.04. The third kappa shape index (κ3) is 16.1. The van der Waals surface area contributed by atoms with Crippen molar-refractivity contribution in [3.05, 3.63) is 0 Å². The van der Waals surface area contributed by atoms with Crippen LogP contribution in [0.5, 0.6) is 0 Å². The van der Waals surface area contributed by atoms with E-state index in [0.717, 1.165) is 12.8 Å². The first-order valence-corrected chi connectivity index (χ1v) is 9.85. The molecule has 0 bridgehead atoms. The molecule has 0 aromatic rings. The summed E-state index contributed by atoms with van der Waals surface area (Å²) in [7, 11) is 1.46. The largest absolute Gasteiger partial charge is 0.469 e. The molecule has 0 saturated carbocycles. The van der Waals surface area contributed by atoms with Crippen molar-refractivity contribution in [1.29, 1.82) is 0 Å². The highest BCUT2D eigenvalue weighted by Gasteiger charge is 2.03. The number of halogens is 1. The maximum atomic E-state index is 10.9. The van der Waals surface area contributed by atoms with Gasteiger partial charge in [-0.3, -0.25) is 4.79 Å². The molecule has 0 heterocycles. The van der Waals surface area contributed by atoms with Crippen LogP contribution >= 0.6 is 11.6 Å². The molecule has 1 unspecified atom stereocenters. The van der Waals surface area contributed by atoms with Crippen LogP contribution in [0.25, 0.3) is 0 Å². The second kappa shape index (κ2) is 17.1. The smallest absolute Gasteiger partial charge is 0.305 e. The van der Waals surface area contributed by atoms with Crippen molar-refractivity contribution in [1.82, 2.24) is 0 Å². The minimum absolute atomic E-state index is 0.0766. The molecule has 0 aliphatic rings. The molecule has 1 atom stereocenters. The molecule has 0 radical (unpaired) electrons. The lowest BCUT2D eigenvalue weighted by Crippen LogP contribution is -1.99. The van der Waals surface area contributed by atoms with Gasteiger partial charge in [0.15, 0.2) is 0 Å². The van der Waals surface area contributed by atoms with E-state index in [0.29, 0.717) is 11.8 Å². The molecule has 22 heavy (non-hydrogen) atoms. The van der Waals surface area contributed by atoms with Crippen molar-refractivity contribution in [2.75, 3.05) is 7.11 Å². The van der Waals surface area contributed by atoms with Crippen LogP contribution in [0.4, 0.5) is 0 Å². The Morgan fingerprint density at radius 1 is 0.818 bits per heavy atom. The van der Waals surface area contributed by atoms with E-state index in [1.54, 1.807) is 0 Å². The predicted molar refractivity (Wildman–Crippen MR) is 96.6 cm³/mol. The second-order valence-corrected chi connectivity index (χ2v) is 7.01. The van der Waals surface area contributed by atoms with Gasteiger partial charge in [0.25, 0.3) is 0 Å². The highest BCUT2D eigenvalue weighted by molar-refractivity contribution is 6.20. The normalized spacial score (nSPS) is 12.3. The quantitative estimate of drug-likeness (QED) is 0.180. The maximum absolute atomic E-state index is 10.9. The molecule has 132 valence electrons. The highest BCUT2D eigenvalue weighted by Crippen LogP contribution is 2.17. The van der Waals surface area contributed by atoms with Crippen LogP contribution in [-0.2, 0) is 9.53 Å². The Hall–Kier alpha value is -0.240. The van der Waals surface area contributed by atoms with Gasteiger partial charge in [-0.2, -0.15) is 0 Å². The molecule has 0 rings (SSSR count). The molecule has 0 spiro atoms. The Bertz CT molecular complexity index is 244. The lowest BCUT2D eigenvalue weighted by atomic mass is 10.0. The average Bonchev–Trinajstić information content (AvgIpc) is 2.52. The topological polar surface area (TPSA) is 26.3 Å². The summed E-state index contributed by atoms with van der Waals surface area (Å²) in [6.45, 7) is 2.24. The van der Waals surface area contributed by atoms with E-state index < -0.39 is 0 Å². The van der Waals surface area contributed by atoms with Crippen LogP contribution in [0.15, 0.2) is 0 Å². The SMILES string of the molecule is CCCCCC(Cl)CCCCCCCCCCCC(=O)OC. The Balaban J connectivity index is 3.12. The van der Waals surface area contributed by atoms with Crippen molar-refractivity contribution >= 4 is 17.6 Å². The Kier molecular flexibility index (Phi) is 16.9. The summed E-state index contributed by atoms with van der Waals surface area (Å²) in [5, 5.41) is 0.404. The Morgan fingerprint density at radius 3 is 1.77 bits per heavy atom. The van der Waals surface area contributed by atoms with E-state index >= 15 is 0 Å². The standard InChI is InChI=1S/C19H37ClO2/c1-3-4-12-15-18(20)16-13-10-8-6-5-7-9-11-14-17-19(21)22-2/h18H,3-17H2,1-2H3. The van der Waals surface area contributed by atoms with Crippen molar-refractivity contribution in [3.63, 3.8) is 0 Å². The summed E-state index contributed by atoms with van der Waals surface area (Å²) < 4.78 is 4.63. The van der Waals surface area contributed by atoms with Gasteiger partial charge in [0.05, 0.1) is 7.11 Å². The number of hydrogen-bond donors (Lipinski definition) is 0. The molecule has 0 aromatic heterocycles. The molecule has 0 N–H and O–H groups in total. The van der Waals surface area contributed by atoms with E-state index in [4.69, 9.17) is 11.6 Å². The number of rotatable bonds is 16. The third-order valence-electron chi connectivity index (χ3n) is 4.25. The van der Waals surface area contributed by atoms with Gasteiger partial charge in [0.2, 0.25) is 0 Å². The molecule has 2 nitrogen and oxygen atoms in total. The zero-order valence-electron chi connectivity index (χ0n) is 14.9. The molecule has 0 aromatic carbocycles. The average molecular weight is 333 g/mol. The van der Waals surface area contributed by atoms with Crippen LogP contribution in [0, 0.1) is 0 Å². The molecule has 0 amide bonds. The minimum atomic E-state index is -0.0766. The zero-order chi connectivity index (χ0) is 16.5. The number of esters is 1. The predicted octanol–water partition coefficient (Wildman–Crippen LogP) is 6.64. The number of unbranched alkanes of at least 4 members (excludes halogenated alkanes) is 10. The molecule has 0 aliphatic carbocycles. The first-order valence-electron chi connectivity index (χ1n) is 9.41. The number of carbonyl (C=O) groups is 1. The molecular formula is C19H37ClO2. The van der Waals surface area contributed by atoms with Gasteiger partial charge in [0, 0.05) is 11.8 Å². The highest BCUT2D eigenvalue weighted by atomic mass is 35.5. The van der Waals surface area contributed by atoms with E-state index in [2.05, 4.69) is 11.7 Å². The number of carbonyl (C=O) groups excluding carboxylic acids is 1. The summed E-state index contributed by atoms with van der Waals surface area (Å²) >= 11 is 6.33. The number of alkyl halides is 1.